The molecule has 8 heteroatoms. The van der Waals surface area contributed by atoms with Gasteiger partial charge in [-0.2, -0.15) is 0 Å². The van der Waals surface area contributed by atoms with Crippen LogP contribution < -0.4 is 24.4 Å². The first-order valence-corrected chi connectivity index (χ1v) is 10.5. The van der Waals surface area contributed by atoms with Crippen LogP contribution in [0.15, 0.2) is 40.9 Å². The normalized spacial score (nSPS) is 20.4. The average molecular weight is 475 g/mol. The summed E-state index contributed by atoms with van der Waals surface area (Å²) in [6.45, 7) is 0.871. The lowest BCUT2D eigenvalue weighted by atomic mass is 9.99. The predicted octanol–water partition coefficient (Wildman–Crippen LogP) is 3.46. The molecule has 2 atom stereocenters. The molecule has 0 spiro atoms. The summed E-state index contributed by atoms with van der Waals surface area (Å²) in [4.78, 5) is 27.2. The minimum absolute atomic E-state index is 0.0857. The van der Waals surface area contributed by atoms with Gasteiger partial charge in [0.25, 0.3) is 0 Å². The number of hydrogen-bond acceptors (Lipinski definition) is 5. The second kappa shape index (κ2) is 8.55. The van der Waals surface area contributed by atoms with Crippen molar-refractivity contribution in [2.24, 2.45) is 5.92 Å². The molecule has 158 valence electrons. The van der Waals surface area contributed by atoms with Gasteiger partial charge in [-0.25, -0.2) is 0 Å². The first kappa shape index (κ1) is 20.5. The lowest BCUT2D eigenvalue weighted by Gasteiger charge is -2.28. The number of ether oxygens (including phenoxy) is 3. The number of halogens is 1. The Morgan fingerprint density at radius 3 is 2.73 bits per heavy atom. The Morgan fingerprint density at radius 1 is 1.17 bits per heavy atom. The van der Waals surface area contributed by atoms with E-state index in [1.54, 1.807) is 37.3 Å². The molecule has 7 nitrogen and oxygen atoms in total. The SMILES string of the molecule is COc1ccc(N2CC(C(=O)NC3CCOc4ccc(Br)cc43)CC2=O)cc1OC. The van der Waals surface area contributed by atoms with Crippen molar-refractivity contribution < 1.29 is 23.8 Å². The van der Waals surface area contributed by atoms with Crippen LogP contribution in [0.1, 0.15) is 24.4 Å². The number of nitrogens with one attached hydrogen (secondary N) is 1. The maximum atomic E-state index is 13.0. The molecule has 0 radical (unpaired) electrons. The van der Waals surface area contributed by atoms with Crippen molar-refractivity contribution in [3.63, 3.8) is 0 Å². The van der Waals surface area contributed by atoms with E-state index in [0.29, 0.717) is 36.8 Å². The minimum Gasteiger partial charge on any atom is -0.493 e. The maximum Gasteiger partial charge on any atom is 0.227 e. The van der Waals surface area contributed by atoms with Crippen LogP contribution in [0.5, 0.6) is 17.2 Å². The van der Waals surface area contributed by atoms with E-state index in [2.05, 4.69) is 21.2 Å². The summed E-state index contributed by atoms with van der Waals surface area (Å²) in [5.74, 6) is 1.29. The van der Waals surface area contributed by atoms with E-state index in [0.717, 1.165) is 15.8 Å². The molecule has 1 fully saturated rings. The van der Waals surface area contributed by atoms with Crippen LogP contribution in [-0.2, 0) is 9.59 Å². The van der Waals surface area contributed by atoms with Gasteiger partial charge in [0.15, 0.2) is 11.5 Å². The molecule has 4 rings (SSSR count). The Morgan fingerprint density at radius 2 is 1.97 bits per heavy atom. The zero-order valence-corrected chi connectivity index (χ0v) is 18.4. The fraction of sp³-hybridized carbons (Fsp3) is 0.364. The highest BCUT2D eigenvalue weighted by molar-refractivity contribution is 9.10. The van der Waals surface area contributed by atoms with Crippen molar-refractivity contribution in [3.8, 4) is 17.2 Å². The van der Waals surface area contributed by atoms with Gasteiger partial charge < -0.3 is 24.4 Å². The van der Waals surface area contributed by atoms with Crippen LogP contribution in [0.3, 0.4) is 0 Å². The Kier molecular flexibility index (Phi) is 5.85. The van der Waals surface area contributed by atoms with Gasteiger partial charge in [0.2, 0.25) is 11.8 Å². The Labute approximate surface area is 183 Å². The monoisotopic (exact) mass is 474 g/mol. The van der Waals surface area contributed by atoms with Crippen molar-refractivity contribution in [1.29, 1.82) is 0 Å². The second-order valence-corrected chi connectivity index (χ2v) is 8.24. The van der Waals surface area contributed by atoms with Crippen LogP contribution >= 0.6 is 15.9 Å². The van der Waals surface area contributed by atoms with Gasteiger partial charge >= 0.3 is 0 Å². The molecule has 0 aliphatic carbocycles. The number of amides is 2. The van der Waals surface area contributed by atoms with Crippen LogP contribution in [0.4, 0.5) is 5.69 Å². The van der Waals surface area contributed by atoms with Crippen LogP contribution in [0.25, 0.3) is 0 Å². The zero-order chi connectivity index (χ0) is 21.3. The third kappa shape index (κ3) is 3.96. The van der Waals surface area contributed by atoms with Crippen molar-refractivity contribution in [2.45, 2.75) is 18.9 Å². The molecule has 30 heavy (non-hydrogen) atoms. The van der Waals surface area contributed by atoms with E-state index in [1.807, 2.05) is 18.2 Å². The quantitative estimate of drug-likeness (QED) is 0.717. The predicted molar refractivity (Wildman–Crippen MR) is 115 cm³/mol. The van der Waals surface area contributed by atoms with Crippen molar-refractivity contribution in [1.82, 2.24) is 5.32 Å². The lowest BCUT2D eigenvalue weighted by Crippen LogP contribution is -2.37. The lowest BCUT2D eigenvalue weighted by molar-refractivity contribution is -0.127. The summed E-state index contributed by atoms with van der Waals surface area (Å²) in [5.41, 5.74) is 1.64. The molecule has 1 N–H and O–H groups in total. The Balaban J connectivity index is 1.47. The molecule has 2 heterocycles. The largest absolute Gasteiger partial charge is 0.493 e. The van der Waals surface area contributed by atoms with Crippen molar-refractivity contribution in [3.05, 3.63) is 46.4 Å². The summed E-state index contributed by atoms with van der Waals surface area (Å²) >= 11 is 3.48. The molecule has 0 saturated carbocycles. The molecule has 0 aromatic heterocycles. The van der Waals surface area contributed by atoms with E-state index < -0.39 is 5.92 Å². The molecule has 2 aromatic rings. The number of nitrogens with zero attached hydrogens (tertiary/aromatic N) is 1. The summed E-state index contributed by atoms with van der Waals surface area (Å²) in [5, 5.41) is 3.11. The number of methoxy groups -OCH3 is 2. The van der Waals surface area contributed by atoms with E-state index in [-0.39, 0.29) is 24.3 Å². The highest BCUT2D eigenvalue weighted by atomic mass is 79.9. The maximum absolute atomic E-state index is 13.0. The smallest absolute Gasteiger partial charge is 0.227 e. The Hall–Kier alpha value is -2.74. The topological polar surface area (TPSA) is 77.1 Å². The van der Waals surface area contributed by atoms with Gasteiger partial charge in [0.05, 0.1) is 32.8 Å². The van der Waals surface area contributed by atoms with E-state index in [1.165, 1.54) is 0 Å². The number of carbonyl (C=O) groups excluding carboxylic acids is 2. The first-order chi connectivity index (χ1) is 14.5. The molecule has 0 bridgehead atoms. The fourth-order valence-corrected chi connectivity index (χ4v) is 4.31. The van der Waals surface area contributed by atoms with Gasteiger partial charge in [0, 0.05) is 41.2 Å². The third-order valence-corrected chi connectivity index (χ3v) is 6.00. The molecule has 1 saturated heterocycles. The van der Waals surface area contributed by atoms with Gasteiger partial charge in [-0.1, -0.05) is 15.9 Å². The number of hydrogen-bond donors (Lipinski definition) is 1. The number of fused-ring (bicyclic) bond motifs is 1. The van der Waals surface area contributed by atoms with E-state index in [4.69, 9.17) is 14.2 Å². The van der Waals surface area contributed by atoms with Gasteiger partial charge in [-0.05, 0) is 30.3 Å². The summed E-state index contributed by atoms with van der Waals surface area (Å²) in [6.07, 6.45) is 0.865. The second-order valence-electron chi connectivity index (χ2n) is 7.33. The van der Waals surface area contributed by atoms with Gasteiger partial charge in [0.1, 0.15) is 5.75 Å². The fourth-order valence-electron chi connectivity index (χ4n) is 3.93. The third-order valence-electron chi connectivity index (χ3n) is 5.50. The summed E-state index contributed by atoms with van der Waals surface area (Å²) < 4.78 is 17.2. The van der Waals surface area contributed by atoms with Gasteiger partial charge in [-0.3, -0.25) is 9.59 Å². The molecule has 2 aliphatic rings. The minimum atomic E-state index is -0.413. The molecule has 2 unspecified atom stereocenters. The zero-order valence-electron chi connectivity index (χ0n) is 16.8. The molecule has 2 aromatic carbocycles. The van der Waals surface area contributed by atoms with Crippen LogP contribution in [0, 0.1) is 5.92 Å². The van der Waals surface area contributed by atoms with Gasteiger partial charge in [-0.15, -0.1) is 0 Å². The van der Waals surface area contributed by atoms with E-state index >= 15 is 0 Å². The average Bonchev–Trinajstić information content (AvgIpc) is 3.15. The van der Waals surface area contributed by atoms with E-state index in [9.17, 15) is 9.59 Å². The van der Waals surface area contributed by atoms with Crippen molar-refractivity contribution >= 4 is 33.4 Å². The summed E-state index contributed by atoms with van der Waals surface area (Å²) in [6, 6.07) is 11.0. The summed E-state index contributed by atoms with van der Waals surface area (Å²) in [7, 11) is 3.11. The first-order valence-electron chi connectivity index (χ1n) is 9.75. The number of carbonyl (C=O) groups is 2. The van der Waals surface area contributed by atoms with Crippen LogP contribution in [0.2, 0.25) is 0 Å². The molecule has 2 aliphatic heterocycles. The molecular weight excluding hydrogens is 452 g/mol. The molecule has 2 amide bonds. The number of benzene rings is 2. The standard InChI is InChI=1S/C22H23BrN2O5/c1-28-19-6-4-15(11-20(19)29-2)25-12-13(9-21(25)26)22(27)24-17-7-8-30-18-5-3-14(23)10-16(17)18/h3-6,10-11,13,17H,7-9,12H2,1-2H3,(H,24,27). The number of rotatable bonds is 5. The molecular formula is C22H23BrN2O5. The van der Waals surface area contributed by atoms with Crippen LogP contribution in [-0.4, -0.2) is 39.2 Å². The number of anilines is 1. The Bertz CT molecular complexity index is 980. The van der Waals surface area contributed by atoms with Crippen molar-refractivity contribution in [2.75, 3.05) is 32.3 Å². The highest BCUT2D eigenvalue weighted by Crippen LogP contribution is 2.36. The highest BCUT2D eigenvalue weighted by Gasteiger charge is 2.37.